The summed E-state index contributed by atoms with van der Waals surface area (Å²) in [6, 6.07) is 0. The van der Waals surface area contributed by atoms with E-state index in [1.54, 1.807) is 0 Å². The van der Waals surface area contributed by atoms with Gasteiger partial charge in [0.15, 0.2) is 5.78 Å². The van der Waals surface area contributed by atoms with Crippen LogP contribution in [-0.2, 0) is 4.79 Å². The van der Waals surface area contributed by atoms with E-state index in [1.807, 2.05) is 6.08 Å². The van der Waals surface area contributed by atoms with E-state index in [4.69, 9.17) is 0 Å². The second-order valence-corrected chi connectivity index (χ2v) is 6.19. The summed E-state index contributed by atoms with van der Waals surface area (Å²) < 4.78 is 0. The van der Waals surface area contributed by atoms with Crippen LogP contribution in [0.4, 0.5) is 0 Å². The predicted molar refractivity (Wildman–Crippen MR) is 67.2 cm³/mol. The van der Waals surface area contributed by atoms with Gasteiger partial charge >= 0.3 is 0 Å². The van der Waals surface area contributed by atoms with Crippen molar-refractivity contribution < 1.29 is 4.79 Å². The zero-order chi connectivity index (χ0) is 12.0. The van der Waals surface area contributed by atoms with Crippen molar-refractivity contribution in [1.82, 2.24) is 0 Å². The molecule has 2 rings (SSSR count). The van der Waals surface area contributed by atoms with Crippen molar-refractivity contribution >= 4 is 5.78 Å². The topological polar surface area (TPSA) is 17.1 Å². The van der Waals surface area contributed by atoms with Gasteiger partial charge in [-0.3, -0.25) is 4.79 Å². The molecular formula is C15H22O. The molecule has 2 aliphatic rings. The first-order chi connectivity index (χ1) is 7.37. The van der Waals surface area contributed by atoms with Gasteiger partial charge in [-0.1, -0.05) is 31.1 Å². The second-order valence-electron chi connectivity index (χ2n) is 6.19. The molecule has 0 amide bonds. The third-order valence-corrected chi connectivity index (χ3v) is 4.79. The van der Waals surface area contributed by atoms with E-state index in [1.165, 1.54) is 24.0 Å². The van der Waals surface area contributed by atoms with Gasteiger partial charge in [0.1, 0.15) is 0 Å². The summed E-state index contributed by atoms with van der Waals surface area (Å²) in [6.07, 6.45) is 8.47. The smallest absolute Gasteiger partial charge is 0.156 e. The highest BCUT2D eigenvalue weighted by Gasteiger charge is 2.49. The first kappa shape index (κ1) is 11.6. The van der Waals surface area contributed by atoms with Crippen molar-refractivity contribution in [2.45, 2.75) is 53.4 Å². The van der Waals surface area contributed by atoms with Gasteiger partial charge in [-0.25, -0.2) is 0 Å². The summed E-state index contributed by atoms with van der Waals surface area (Å²) in [6.45, 7) is 8.88. The molecule has 1 spiro atoms. The molecule has 0 aromatic carbocycles. The normalized spacial score (nSPS) is 33.6. The van der Waals surface area contributed by atoms with Gasteiger partial charge in [-0.05, 0) is 44.6 Å². The molecule has 2 aliphatic carbocycles. The first-order valence-corrected chi connectivity index (χ1v) is 6.25. The molecule has 1 heteroatoms. The maximum absolute atomic E-state index is 11.7. The molecule has 0 aliphatic heterocycles. The fourth-order valence-corrected chi connectivity index (χ4v) is 3.51. The molecule has 0 fully saturated rings. The van der Waals surface area contributed by atoms with Crippen molar-refractivity contribution in [3.8, 4) is 0 Å². The Kier molecular flexibility index (Phi) is 2.60. The summed E-state index contributed by atoms with van der Waals surface area (Å²) in [5.41, 5.74) is 3.16. The Labute approximate surface area is 98.6 Å². The van der Waals surface area contributed by atoms with Gasteiger partial charge in [-0.2, -0.15) is 0 Å². The van der Waals surface area contributed by atoms with Gasteiger partial charge in [0.25, 0.3) is 0 Å². The maximum Gasteiger partial charge on any atom is 0.156 e. The molecular weight excluding hydrogens is 196 g/mol. The van der Waals surface area contributed by atoms with E-state index in [-0.39, 0.29) is 10.8 Å². The summed E-state index contributed by atoms with van der Waals surface area (Å²) in [7, 11) is 0. The van der Waals surface area contributed by atoms with E-state index in [9.17, 15) is 4.79 Å². The Balaban J connectivity index is 2.45. The van der Waals surface area contributed by atoms with Crippen molar-refractivity contribution in [3.63, 3.8) is 0 Å². The lowest BCUT2D eigenvalue weighted by Gasteiger charge is -2.51. The zero-order valence-corrected chi connectivity index (χ0v) is 10.9. The number of carbonyl (C=O) groups is 1. The minimum absolute atomic E-state index is 0.111. The van der Waals surface area contributed by atoms with E-state index in [0.29, 0.717) is 12.2 Å². The average Bonchev–Trinajstić information content (AvgIpc) is 2.15. The van der Waals surface area contributed by atoms with Gasteiger partial charge in [0.2, 0.25) is 0 Å². The van der Waals surface area contributed by atoms with Gasteiger partial charge in [-0.15, -0.1) is 0 Å². The zero-order valence-electron chi connectivity index (χ0n) is 10.9. The molecule has 0 aromatic heterocycles. The molecule has 0 aromatic rings. The maximum atomic E-state index is 11.7. The van der Waals surface area contributed by atoms with E-state index >= 15 is 0 Å². The van der Waals surface area contributed by atoms with Crippen LogP contribution in [0.3, 0.4) is 0 Å². The molecule has 0 radical (unpaired) electrons. The van der Waals surface area contributed by atoms with Crippen LogP contribution in [0.2, 0.25) is 0 Å². The van der Waals surface area contributed by atoms with Crippen molar-refractivity contribution in [2.24, 2.45) is 10.8 Å². The van der Waals surface area contributed by atoms with E-state index in [2.05, 4.69) is 33.8 Å². The summed E-state index contributed by atoms with van der Waals surface area (Å²) >= 11 is 0. The fraction of sp³-hybridized carbons (Fsp3) is 0.667. The van der Waals surface area contributed by atoms with E-state index in [0.717, 1.165) is 6.42 Å². The highest BCUT2D eigenvalue weighted by atomic mass is 16.1. The quantitative estimate of drug-likeness (QED) is 0.561. The lowest BCUT2D eigenvalue weighted by Crippen LogP contribution is -2.44. The van der Waals surface area contributed by atoms with Crippen molar-refractivity contribution in [2.75, 3.05) is 0 Å². The number of rotatable bonds is 0. The Hall–Kier alpha value is -0.850. The number of carbonyl (C=O) groups excluding carboxylic acids is 1. The van der Waals surface area contributed by atoms with Crippen LogP contribution in [0.5, 0.6) is 0 Å². The fourth-order valence-electron chi connectivity index (χ4n) is 3.51. The molecule has 1 atom stereocenters. The first-order valence-electron chi connectivity index (χ1n) is 6.25. The van der Waals surface area contributed by atoms with Gasteiger partial charge < -0.3 is 0 Å². The summed E-state index contributed by atoms with van der Waals surface area (Å²) in [4.78, 5) is 11.7. The predicted octanol–water partition coefficient (Wildman–Crippen LogP) is 4.05. The molecule has 88 valence electrons. The Morgan fingerprint density at radius 1 is 1.25 bits per heavy atom. The lowest BCUT2D eigenvalue weighted by molar-refractivity contribution is -0.119. The van der Waals surface area contributed by atoms with Gasteiger partial charge in [0, 0.05) is 11.8 Å². The van der Waals surface area contributed by atoms with Crippen molar-refractivity contribution in [3.05, 3.63) is 23.3 Å². The van der Waals surface area contributed by atoms with Crippen LogP contribution in [-0.4, -0.2) is 5.78 Å². The SMILES string of the molecule is CC1=CC[C@@]2(CC1)C(C)=CC(=O)CC2(C)C. The second kappa shape index (κ2) is 3.58. The number of allylic oxidation sites excluding steroid dienone is 4. The molecule has 0 unspecified atom stereocenters. The van der Waals surface area contributed by atoms with Gasteiger partial charge in [0.05, 0.1) is 0 Å². The van der Waals surface area contributed by atoms with Crippen LogP contribution < -0.4 is 0 Å². The standard InChI is InChI=1S/C15H22O/c1-11-5-7-15(8-6-11)12(2)9-13(16)10-14(15,3)4/h5,9H,6-8,10H2,1-4H3/t15-/m1/s1. The van der Waals surface area contributed by atoms with Crippen LogP contribution in [0.25, 0.3) is 0 Å². The Morgan fingerprint density at radius 3 is 2.44 bits per heavy atom. The monoisotopic (exact) mass is 218 g/mol. The lowest BCUT2D eigenvalue weighted by atomic mass is 9.52. The Morgan fingerprint density at radius 2 is 1.94 bits per heavy atom. The number of hydrogen-bond donors (Lipinski definition) is 0. The number of hydrogen-bond acceptors (Lipinski definition) is 1. The largest absolute Gasteiger partial charge is 0.295 e. The summed E-state index contributed by atoms with van der Waals surface area (Å²) in [5, 5.41) is 0. The van der Waals surface area contributed by atoms with Crippen molar-refractivity contribution in [1.29, 1.82) is 0 Å². The summed E-state index contributed by atoms with van der Waals surface area (Å²) in [5.74, 6) is 0.305. The highest BCUT2D eigenvalue weighted by molar-refractivity contribution is 5.92. The third-order valence-electron chi connectivity index (χ3n) is 4.79. The van der Waals surface area contributed by atoms with Crippen LogP contribution in [0.1, 0.15) is 53.4 Å². The van der Waals surface area contributed by atoms with Crippen LogP contribution in [0, 0.1) is 10.8 Å². The molecule has 0 N–H and O–H groups in total. The highest BCUT2D eigenvalue weighted by Crippen LogP contribution is 2.57. The van der Waals surface area contributed by atoms with Crippen LogP contribution in [0.15, 0.2) is 23.3 Å². The van der Waals surface area contributed by atoms with Crippen LogP contribution >= 0.6 is 0 Å². The van der Waals surface area contributed by atoms with E-state index < -0.39 is 0 Å². The molecule has 0 saturated carbocycles. The molecule has 0 heterocycles. The minimum Gasteiger partial charge on any atom is -0.295 e. The molecule has 16 heavy (non-hydrogen) atoms. The molecule has 0 saturated heterocycles. The Bertz CT molecular complexity index is 384. The number of ketones is 1. The third kappa shape index (κ3) is 1.57. The molecule has 0 bridgehead atoms. The molecule has 1 nitrogen and oxygen atoms in total. The average molecular weight is 218 g/mol. The minimum atomic E-state index is 0.111.